The molecule has 0 atom stereocenters. The predicted octanol–water partition coefficient (Wildman–Crippen LogP) is 5.79. The van der Waals surface area contributed by atoms with Gasteiger partial charge in [0.2, 0.25) is 0 Å². The number of aromatic nitrogens is 1. The van der Waals surface area contributed by atoms with Crippen molar-refractivity contribution >= 4 is 39.0 Å². The maximum absolute atomic E-state index is 11.7. The maximum atomic E-state index is 11.7. The van der Waals surface area contributed by atoms with Crippen LogP contribution in [0, 0.1) is 0 Å². The summed E-state index contributed by atoms with van der Waals surface area (Å²) >= 11 is 3.39. The fourth-order valence-corrected chi connectivity index (χ4v) is 4.01. The molecule has 4 aromatic rings. The van der Waals surface area contributed by atoms with E-state index in [-0.39, 0.29) is 5.97 Å². The Balaban J connectivity index is 1.47. The Labute approximate surface area is 189 Å². The first kappa shape index (κ1) is 20.9. The topological polar surface area (TPSA) is 52.8 Å². The van der Waals surface area contributed by atoms with E-state index in [2.05, 4.69) is 56.1 Å². The highest BCUT2D eigenvalue weighted by molar-refractivity contribution is 9.10. The van der Waals surface area contributed by atoms with Gasteiger partial charge in [-0.2, -0.15) is 0 Å². The van der Waals surface area contributed by atoms with Crippen LogP contribution in [0.5, 0.6) is 0 Å². The molecule has 0 N–H and O–H groups in total. The molecule has 0 amide bonds. The molecule has 6 heteroatoms. The van der Waals surface area contributed by atoms with Crippen LogP contribution >= 0.6 is 15.9 Å². The fraction of sp³-hybridized carbons (Fsp3) is 0.120. The number of hydrogen-bond acceptors (Lipinski definition) is 4. The van der Waals surface area contributed by atoms with Crippen molar-refractivity contribution in [3.05, 3.63) is 106 Å². The van der Waals surface area contributed by atoms with E-state index in [9.17, 15) is 4.79 Å². The number of fused-ring (bicyclic) bond motifs is 1. The number of benzene rings is 3. The zero-order valence-corrected chi connectivity index (χ0v) is 18.6. The third-order valence-corrected chi connectivity index (χ3v) is 5.61. The van der Waals surface area contributed by atoms with Gasteiger partial charge in [0.1, 0.15) is 6.61 Å². The monoisotopic (exact) mass is 476 g/mol. The lowest BCUT2D eigenvalue weighted by molar-refractivity contribution is 0.0599. The van der Waals surface area contributed by atoms with Crippen LogP contribution in [0.25, 0.3) is 10.9 Å². The Morgan fingerprint density at radius 2 is 1.81 bits per heavy atom. The second-order valence-corrected chi connectivity index (χ2v) is 7.88. The van der Waals surface area contributed by atoms with Crippen LogP contribution in [0.15, 0.2) is 88.6 Å². The molecule has 5 nitrogen and oxygen atoms in total. The van der Waals surface area contributed by atoms with Crippen LogP contribution < -0.4 is 0 Å². The van der Waals surface area contributed by atoms with Crippen molar-refractivity contribution < 1.29 is 14.4 Å². The fourth-order valence-electron chi connectivity index (χ4n) is 3.42. The highest BCUT2D eigenvalue weighted by Gasteiger charge is 2.11. The smallest absolute Gasteiger partial charge is 0.339 e. The number of oxime groups is 1. The van der Waals surface area contributed by atoms with Gasteiger partial charge in [0.15, 0.2) is 0 Å². The standard InChI is InChI=1S/C25H21BrN2O3/c1-30-25(29)22-12-11-19(13-23(22)26)17-31-27-14-20-16-28(15-18-7-3-2-4-8-18)24-10-6-5-9-21(20)24/h2-14,16H,15,17H2,1H3/b27-14-. The molecule has 0 aliphatic rings. The summed E-state index contributed by atoms with van der Waals surface area (Å²) in [6.07, 6.45) is 3.83. The first-order chi connectivity index (χ1) is 15.2. The second kappa shape index (κ2) is 9.62. The van der Waals surface area contributed by atoms with Crippen LogP contribution in [0.4, 0.5) is 0 Å². The van der Waals surface area contributed by atoms with Crippen LogP contribution in [-0.4, -0.2) is 23.9 Å². The van der Waals surface area contributed by atoms with Crippen molar-refractivity contribution in [3.8, 4) is 0 Å². The van der Waals surface area contributed by atoms with E-state index in [0.29, 0.717) is 16.6 Å². The van der Waals surface area contributed by atoms with Gasteiger partial charge in [-0.1, -0.05) is 59.8 Å². The number of carbonyl (C=O) groups excluding carboxylic acids is 1. The molecule has 0 aliphatic heterocycles. The van der Waals surface area contributed by atoms with Crippen LogP contribution in [0.3, 0.4) is 0 Å². The number of rotatable bonds is 7. The predicted molar refractivity (Wildman–Crippen MR) is 125 cm³/mol. The molecule has 0 radical (unpaired) electrons. The molecule has 0 aliphatic carbocycles. The van der Waals surface area contributed by atoms with Gasteiger partial charge < -0.3 is 14.1 Å². The van der Waals surface area contributed by atoms with E-state index < -0.39 is 0 Å². The number of esters is 1. The van der Waals surface area contributed by atoms with Gasteiger partial charge in [-0.05, 0) is 45.3 Å². The number of ether oxygens (including phenoxy) is 1. The summed E-state index contributed by atoms with van der Waals surface area (Å²) in [5.74, 6) is -0.385. The van der Waals surface area contributed by atoms with Crippen LogP contribution in [-0.2, 0) is 22.7 Å². The van der Waals surface area contributed by atoms with Crippen molar-refractivity contribution in [3.63, 3.8) is 0 Å². The van der Waals surface area contributed by atoms with Crippen molar-refractivity contribution in [2.75, 3.05) is 7.11 Å². The van der Waals surface area contributed by atoms with Crippen molar-refractivity contribution in [2.45, 2.75) is 13.2 Å². The summed E-state index contributed by atoms with van der Waals surface area (Å²) in [5, 5.41) is 5.29. The summed E-state index contributed by atoms with van der Waals surface area (Å²) in [5.41, 5.74) is 4.75. The van der Waals surface area contributed by atoms with Crippen LogP contribution in [0.2, 0.25) is 0 Å². The highest BCUT2D eigenvalue weighted by Crippen LogP contribution is 2.22. The molecule has 0 bridgehead atoms. The van der Waals surface area contributed by atoms with Gasteiger partial charge in [-0.15, -0.1) is 0 Å². The van der Waals surface area contributed by atoms with Gasteiger partial charge in [0.25, 0.3) is 0 Å². The van der Waals surface area contributed by atoms with Gasteiger partial charge in [-0.3, -0.25) is 0 Å². The minimum Gasteiger partial charge on any atom is -0.465 e. The van der Waals surface area contributed by atoms with E-state index in [4.69, 9.17) is 9.57 Å². The summed E-state index contributed by atoms with van der Waals surface area (Å²) in [6.45, 7) is 1.08. The summed E-state index contributed by atoms with van der Waals surface area (Å²) in [4.78, 5) is 17.2. The molecule has 0 spiro atoms. The third-order valence-electron chi connectivity index (χ3n) is 4.95. The maximum Gasteiger partial charge on any atom is 0.339 e. The number of hydrogen-bond donors (Lipinski definition) is 0. The first-order valence-corrected chi connectivity index (χ1v) is 10.6. The van der Waals surface area contributed by atoms with Crippen molar-refractivity contribution in [2.24, 2.45) is 5.16 Å². The molecule has 1 aromatic heterocycles. The number of para-hydroxylation sites is 1. The van der Waals surface area contributed by atoms with Gasteiger partial charge in [0.05, 0.1) is 18.9 Å². The van der Waals surface area contributed by atoms with Crippen LogP contribution in [0.1, 0.15) is 27.0 Å². The quantitative estimate of drug-likeness (QED) is 0.192. The highest BCUT2D eigenvalue weighted by atomic mass is 79.9. The molecule has 3 aromatic carbocycles. The molecule has 0 saturated heterocycles. The lowest BCUT2D eigenvalue weighted by Crippen LogP contribution is -2.02. The molecule has 1 heterocycles. The Bertz CT molecular complexity index is 1230. The van der Waals surface area contributed by atoms with Gasteiger partial charge in [-0.25, -0.2) is 4.79 Å². The average Bonchev–Trinajstić information content (AvgIpc) is 3.14. The molecule has 31 heavy (non-hydrogen) atoms. The number of carbonyl (C=O) groups is 1. The van der Waals surface area contributed by atoms with E-state index in [1.165, 1.54) is 12.7 Å². The zero-order valence-electron chi connectivity index (χ0n) is 17.0. The van der Waals surface area contributed by atoms with Gasteiger partial charge in [0, 0.05) is 33.7 Å². The van der Waals surface area contributed by atoms with E-state index in [0.717, 1.165) is 28.6 Å². The van der Waals surface area contributed by atoms with E-state index >= 15 is 0 Å². The summed E-state index contributed by atoms with van der Waals surface area (Å²) < 4.78 is 7.63. The summed E-state index contributed by atoms with van der Waals surface area (Å²) in [7, 11) is 1.36. The minimum absolute atomic E-state index is 0.291. The lowest BCUT2D eigenvalue weighted by Gasteiger charge is -2.05. The second-order valence-electron chi connectivity index (χ2n) is 7.03. The normalized spacial score (nSPS) is 11.2. The molecule has 4 rings (SSSR count). The molecular weight excluding hydrogens is 456 g/mol. The lowest BCUT2D eigenvalue weighted by atomic mass is 10.1. The average molecular weight is 477 g/mol. The Morgan fingerprint density at radius 3 is 2.58 bits per heavy atom. The molecular formula is C25H21BrN2O3. The Hall–Kier alpha value is -3.38. The number of nitrogens with zero attached hydrogens (tertiary/aromatic N) is 2. The Morgan fingerprint density at radius 1 is 1.03 bits per heavy atom. The minimum atomic E-state index is -0.385. The first-order valence-electron chi connectivity index (χ1n) is 9.79. The van der Waals surface area contributed by atoms with Crippen molar-refractivity contribution in [1.29, 1.82) is 0 Å². The molecule has 0 unspecified atom stereocenters. The number of methoxy groups -OCH3 is 1. The molecule has 156 valence electrons. The molecule has 0 saturated carbocycles. The SMILES string of the molecule is COC(=O)c1ccc(CO/N=C\c2cn(Cc3ccccc3)c3ccccc23)cc1Br. The number of halogens is 1. The third kappa shape index (κ3) is 4.86. The zero-order chi connectivity index (χ0) is 21.6. The Kier molecular flexibility index (Phi) is 6.48. The van der Waals surface area contributed by atoms with E-state index in [1.807, 2.05) is 42.5 Å². The summed E-state index contributed by atoms with van der Waals surface area (Å²) in [6, 6.07) is 24.0. The van der Waals surface area contributed by atoms with Gasteiger partial charge >= 0.3 is 5.97 Å². The van der Waals surface area contributed by atoms with Crippen molar-refractivity contribution in [1.82, 2.24) is 4.57 Å². The van der Waals surface area contributed by atoms with E-state index in [1.54, 1.807) is 12.3 Å². The largest absolute Gasteiger partial charge is 0.465 e. The molecule has 0 fully saturated rings.